The third kappa shape index (κ3) is 2.25. The van der Waals surface area contributed by atoms with E-state index in [0.29, 0.717) is 0 Å². The van der Waals surface area contributed by atoms with E-state index in [1.807, 2.05) is 70.2 Å². The molecule has 0 radical (unpaired) electrons. The molecule has 1 aliphatic carbocycles. The zero-order chi connectivity index (χ0) is 17.1. The van der Waals surface area contributed by atoms with Crippen molar-refractivity contribution in [3.05, 3.63) is 64.7 Å². The fourth-order valence-electron chi connectivity index (χ4n) is 3.33. The number of ketones is 1. The van der Waals surface area contributed by atoms with Crippen LogP contribution in [-0.4, -0.2) is 24.1 Å². The first kappa shape index (κ1) is 15.6. The molecule has 0 aromatic heterocycles. The van der Waals surface area contributed by atoms with Gasteiger partial charge in [0, 0.05) is 11.1 Å². The fraction of sp³-hybridized carbons (Fsp3) is 0.350. The van der Waals surface area contributed by atoms with Gasteiger partial charge in [-0.15, -0.1) is 0 Å². The summed E-state index contributed by atoms with van der Waals surface area (Å²) in [7, 11) is -0.440. The average Bonchev–Trinajstić information content (AvgIpc) is 2.75. The number of rotatable bonds is 1. The second-order valence-electron chi connectivity index (χ2n) is 7.67. The van der Waals surface area contributed by atoms with Gasteiger partial charge in [-0.1, -0.05) is 42.5 Å². The van der Waals surface area contributed by atoms with Gasteiger partial charge in [-0.05, 0) is 50.7 Å². The van der Waals surface area contributed by atoms with E-state index in [0.717, 1.165) is 34.1 Å². The van der Waals surface area contributed by atoms with E-state index in [1.54, 1.807) is 0 Å². The van der Waals surface area contributed by atoms with Crippen LogP contribution in [0.1, 0.15) is 54.7 Å². The highest BCUT2D eigenvalue weighted by molar-refractivity contribution is 6.62. The zero-order valence-corrected chi connectivity index (χ0v) is 14.6. The number of hydrogen-bond donors (Lipinski definition) is 0. The predicted octanol–water partition coefficient (Wildman–Crippen LogP) is 3.12. The fourth-order valence-corrected chi connectivity index (χ4v) is 3.33. The van der Waals surface area contributed by atoms with Gasteiger partial charge in [-0.2, -0.15) is 0 Å². The maximum Gasteiger partial charge on any atom is 0.494 e. The number of carbonyl (C=O) groups is 1. The molecule has 0 saturated carbocycles. The normalized spacial score (nSPS) is 20.7. The SMILES string of the molecule is CC1(C)OB(c2ccc3c(c2)C(=O)c2ccccc2C3)OC1(C)C. The molecule has 122 valence electrons. The van der Waals surface area contributed by atoms with Crippen molar-refractivity contribution < 1.29 is 14.1 Å². The Balaban J connectivity index is 1.71. The smallest absolute Gasteiger partial charge is 0.399 e. The maximum absolute atomic E-state index is 12.8. The predicted molar refractivity (Wildman–Crippen MR) is 94.8 cm³/mol. The summed E-state index contributed by atoms with van der Waals surface area (Å²) >= 11 is 0. The third-order valence-electron chi connectivity index (χ3n) is 5.55. The summed E-state index contributed by atoms with van der Waals surface area (Å²) in [6.07, 6.45) is 0.793. The monoisotopic (exact) mass is 320 g/mol. The van der Waals surface area contributed by atoms with Crippen LogP contribution in [0.5, 0.6) is 0 Å². The van der Waals surface area contributed by atoms with Crippen molar-refractivity contribution in [3.63, 3.8) is 0 Å². The minimum atomic E-state index is -0.440. The van der Waals surface area contributed by atoms with Crippen LogP contribution in [0.4, 0.5) is 0 Å². The Bertz CT molecular complexity index is 823. The lowest BCUT2D eigenvalue weighted by Crippen LogP contribution is -2.41. The van der Waals surface area contributed by atoms with Crippen LogP contribution in [0.3, 0.4) is 0 Å². The standard InChI is InChI=1S/C20H21BO3/c1-19(2)20(3,4)24-21(23-19)15-10-9-14-11-13-7-5-6-8-16(13)18(22)17(14)12-15/h5-10,12H,11H2,1-4H3. The number of benzene rings is 2. The topological polar surface area (TPSA) is 35.5 Å². The Kier molecular flexibility index (Phi) is 3.28. The van der Waals surface area contributed by atoms with Crippen LogP contribution in [0, 0.1) is 0 Å². The molecule has 0 atom stereocenters. The van der Waals surface area contributed by atoms with Crippen LogP contribution < -0.4 is 5.46 Å². The van der Waals surface area contributed by atoms with Gasteiger partial charge in [-0.25, -0.2) is 0 Å². The van der Waals surface area contributed by atoms with E-state index >= 15 is 0 Å². The van der Waals surface area contributed by atoms with Gasteiger partial charge in [0.05, 0.1) is 11.2 Å². The van der Waals surface area contributed by atoms with E-state index in [1.165, 1.54) is 0 Å². The minimum Gasteiger partial charge on any atom is -0.399 e. The molecule has 1 aliphatic heterocycles. The molecule has 24 heavy (non-hydrogen) atoms. The Hall–Kier alpha value is -1.91. The van der Waals surface area contributed by atoms with Gasteiger partial charge < -0.3 is 9.31 Å². The van der Waals surface area contributed by atoms with Crippen molar-refractivity contribution in [1.82, 2.24) is 0 Å². The molecule has 1 heterocycles. The Morgan fingerprint density at radius 1 is 0.875 bits per heavy atom. The van der Waals surface area contributed by atoms with Crippen LogP contribution in [0.25, 0.3) is 0 Å². The summed E-state index contributed by atoms with van der Waals surface area (Å²) in [6, 6.07) is 13.8. The molecule has 2 aromatic rings. The lowest BCUT2D eigenvalue weighted by atomic mass is 9.75. The van der Waals surface area contributed by atoms with Gasteiger partial charge in [0.25, 0.3) is 0 Å². The van der Waals surface area contributed by atoms with Gasteiger partial charge in [0.15, 0.2) is 5.78 Å². The van der Waals surface area contributed by atoms with Gasteiger partial charge in [0.2, 0.25) is 0 Å². The molecule has 1 fully saturated rings. The quantitative estimate of drug-likeness (QED) is 0.646. The molecular weight excluding hydrogens is 299 g/mol. The molecule has 2 aromatic carbocycles. The van der Waals surface area contributed by atoms with Crippen molar-refractivity contribution in [1.29, 1.82) is 0 Å². The molecule has 0 bridgehead atoms. The van der Waals surface area contributed by atoms with Crippen LogP contribution in [0.2, 0.25) is 0 Å². The molecule has 4 heteroatoms. The first-order valence-electron chi connectivity index (χ1n) is 8.39. The highest BCUT2D eigenvalue weighted by Crippen LogP contribution is 2.37. The van der Waals surface area contributed by atoms with Crippen molar-refractivity contribution in [3.8, 4) is 0 Å². The van der Waals surface area contributed by atoms with Crippen LogP contribution in [0.15, 0.2) is 42.5 Å². The Morgan fingerprint density at radius 3 is 2.21 bits per heavy atom. The molecule has 0 unspecified atom stereocenters. The van der Waals surface area contributed by atoms with Gasteiger partial charge in [-0.3, -0.25) is 4.79 Å². The number of hydrogen-bond acceptors (Lipinski definition) is 3. The Morgan fingerprint density at radius 2 is 1.50 bits per heavy atom. The number of fused-ring (bicyclic) bond motifs is 2. The molecule has 0 N–H and O–H groups in total. The van der Waals surface area contributed by atoms with E-state index in [2.05, 4.69) is 0 Å². The summed E-state index contributed by atoms with van der Waals surface area (Å²) in [5.74, 6) is 0.0882. The maximum atomic E-state index is 12.8. The molecule has 1 saturated heterocycles. The van der Waals surface area contributed by atoms with E-state index in [9.17, 15) is 4.79 Å². The average molecular weight is 320 g/mol. The van der Waals surface area contributed by atoms with Crippen molar-refractivity contribution >= 4 is 18.4 Å². The second kappa shape index (κ2) is 5.04. The van der Waals surface area contributed by atoms with E-state index in [4.69, 9.17) is 9.31 Å². The van der Waals surface area contributed by atoms with E-state index in [-0.39, 0.29) is 17.0 Å². The van der Waals surface area contributed by atoms with Gasteiger partial charge >= 0.3 is 7.12 Å². The molecule has 0 spiro atoms. The lowest BCUT2D eigenvalue weighted by Gasteiger charge is -2.32. The first-order chi connectivity index (χ1) is 11.3. The Labute approximate surface area is 143 Å². The lowest BCUT2D eigenvalue weighted by molar-refractivity contribution is 0.00578. The molecule has 4 rings (SSSR count). The van der Waals surface area contributed by atoms with Crippen molar-refractivity contribution in [2.45, 2.75) is 45.3 Å². The largest absolute Gasteiger partial charge is 0.494 e. The first-order valence-corrected chi connectivity index (χ1v) is 8.39. The van der Waals surface area contributed by atoms with Gasteiger partial charge in [0.1, 0.15) is 0 Å². The highest BCUT2D eigenvalue weighted by Gasteiger charge is 2.51. The van der Waals surface area contributed by atoms with Crippen LogP contribution >= 0.6 is 0 Å². The second-order valence-corrected chi connectivity index (χ2v) is 7.67. The summed E-state index contributed by atoms with van der Waals surface area (Å²) in [4.78, 5) is 12.8. The summed E-state index contributed by atoms with van der Waals surface area (Å²) in [5, 5.41) is 0. The minimum absolute atomic E-state index is 0.0882. The summed E-state index contributed by atoms with van der Waals surface area (Å²) in [6.45, 7) is 8.14. The molecule has 0 amide bonds. The summed E-state index contributed by atoms with van der Waals surface area (Å²) in [5.41, 5.74) is 3.86. The molecule has 3 nitrogen and oxygen atoms in total. The highest BCUT2D eigenvalue weighted by atomic mass is 16.7. The van der Waals surface area contributed by atoms with E-state index < -0.39 is 7.12 Å². The summed E-state index contributed by atoms with van der Waals surface area (Å²) < 4.78 is 12.2. The molecule has 2 aliphatic rings. The van der Waals surface area contributed by atoms with Crippen molar-refractivity contribution in [2.24, 2.45) is 0 Å². The third-order valence-corrected chi connectivity index (χ3v) is 5.55. The van der Waals surface area contributed by atoms with Crippen LogP contribution in [-0.2, 0) is 15.7 Å². The van der Waals surface area contributed by atoms with Crippen molar-refractivity contribution in [2.75, 3.05) is 0 Å². The zero-order valence-electron chi connectivity index (χ0n) is 14.6. The molecular formula is C20H21BO3. The number of carbonyl (C=O) groups excluding carboxylic acids is 1.